The van der Waals surface area contributed by atoms with E-state index in [9.17, 15) is 13.6 Å². The zero-order valence-electron chi connectivity index (χ0n) is 9.88. The van der Waals surface area contributed by atoms with Crippen molar-refractivity contribution in [2.75, 3.05) is 11.1 Å². The highest BCUT2D eigenvalue weighted by Crippen LogP contribution is 2.27. The van der Waals surface area contributed by atoms with Crippen molar-refractivity contribution in [3.05, 3.63) is 57.0 Å². The molecule has 0 spiro atoms. The molecule has 0 aliphatic heterocycles. The highest BCUT2D eigenvalue weighted by atomic mass is 79.9. The van der Waals surface area contributed by atoms with Gasteiger partial charge in [0.05, 0.1) is 22.0 Å². The van der Waals surface area contributed by atoms with Crippen LogP contribution in [0.15, 0.2) is 34.8 Å². The number of halogens is 4. The second-order valence-corrected chi connectivity index (χ2v) is 5.26. The minimum Gasteiger partial charge on any atom is -0.396 e. The molecule has 2 rings (SSSR count). The average Bonchev–Trinajstić information content (AvgIpc) is 2.38. The molecule has 0 aromatic heterocycles. The highest BCUT2D eigenvalue weighted by Gasteiger charge is 2.17. The van der Waals surface area contributed by atoms with E-state index in [1.807, 2.05) is 0 Å². The first-order chi connectivity index (χ1) is 9.38. The minimum atomic E-state index is -0.977. The Balaban J connectivity index is 2.35. The second-order valence-electron chi connectivity index (χ2n) is 3.93. The molecule has 0 aliphatic rings. The Labute approximate surface area is 126 Å². The largest absolute Gasteiger partial charge is 0.396 e. The van der Waals surface area contributed by atoms with E-state index in [-0.39, 0.29) is 10.7 Å². The van der Waals surface area contributed by atoms with Crippen LogP contribution in [-0.4, -0.2) is 5.91 Å². The van der Waals surface area contributed by atoms with Crippen LogP contribution in [0, 0.1) is 11.6 Å². The van der Waals surface area contributed by atoms with Crippen molar-refractivity contribution >= 4 is 44.8 Å². The zero-order valence-corrected chi connectivity index (χ0v) is 12.2. The molecule has 3 nitrogen and oxygen atoms in total. The van der Waals surface area contributed by atoms with E-state index in [4.69, 9.17) is 17.3 Å². The van der Waals surface area contributed by atoms with E-state index in [0.717, 1.165) is 12.1 Å². The number of rotatable bonds is 2. The van der Waals surface area contributed by atoms with Gasteiger partial charge in [-0.25, -0.2) is 8.78 Å². The van der Waals surface area contributed by atoms with E-state index in [2.05, 4.69) is 21.2 Å². The summed E-state index contributed by atoms with van der Waals surface area (Å²) in [6, 6.07) is 6.35. The van der Waals surface area contributed by atoms with Gasteiger partial charge in [-0.15, -0.1) is 0 Å². The number of anilines is 2. The molecule has 0 heterocycles. The molecular weight excluding hydrogens is 354 g/mol. The molecule has 0 saturated carbocycles. The molecule has 3 N–H and O–H groups in total. The first-order valence-corrected chi connectivity index (χ1v) is 6.56. The predicted molar refractivity (Wildman–Crippen MR) is 77.9 cm³/mol. The molecule has 7 heteroatoms. The molecule has 104 valence electrons. The topological polar surface area (TPSA) is 55.1 Å². The maximum atomic E-state index is 13.7. The van der Waals surface area contributed by atoms with Gasteiger partial charge in [-0.05, 0) is 30.3 Å². The van der Waals surface area contributed by atoms with Crippen molar-refractivity contribution in [3.8, 4) is 0 Å². The summed E-state index contributed by atoms with van der Waals surface area (Å²) < 4.78 is 27.6. The maximum Gasteiger partial charge on any atom is 0.258 e. The lowest BCUT2D eigenvalue weighted by molar-refractivity contribution is 0.102. The molecule has 0 fully saturated rings. The third kappa shape index (κ3) is 3.08. The third-order valence-corrected chi connectivity index (χ3v) is 3.31. The third-order valence-electron chi connectivity index (χ3n) is 2.49. The van der Waals surface area contributed by atoms with Crippen LogP contribution in [0.2, 0.25) is 5.02 Å². The van der Waals surface area contributed by atoms with Crippen LogP contribution in [0.1, 0.15) is 10.4 Å². The van der Waals surface area contributed by atoms with Crippen molar-refractivity contribution in [1.29, 1.82) is 0 Å². The van der Waals surface area contributed by atoms with Crippen LogP contribution in [0.25, 0.3) is 0 Å². The van der Waals surface area contributed by atoms with Gasteiger partial charge in [-0.2, -0.15) is 0 Å². The van der Waals surface area contributed by atoms with Crippen LogP contribution in [0.4, 0.5) is 20.2 Å². The average molecular weight is 362 g/mol. The van der Waals surface area contributed by atoms with Gasteiger partial charge in [0, 0.05) is 4.47 Å². The normalized spacial score (nSPS) is 10.4. The Morgan fingerprint density at radius 2 is 1.95 bits per heavy atom. The van der Waals surface area contributed by atoms with E-state index >= 15 is 0 Å². The Kier molecular flexibility index (Phi) is 4.25. The van der Waals surface area contributed by atoms with Crippen molar-refractivity contribution in [3.63, 3.8) is 0 Å². The first kappa shape index (κ1) is 14.7. The summed E-state index contributed by atoms with van der Waals surface area (Å²) >= 11 is 9.12. The Morgan fingerprint density at radius 3 is 2.65 bits per heavy atom. The standard InChI is InChI=1S/C13H8BrClF2N2O/c14-6-1-2-9(15)11(3-6)19-13(20)8-4-7(16)5-10(18)12(8)17/h1-5H,18H2,(H,19,20). The number of carbonyl (C=O) groups excluding carboxylic acids is 1. The lowest BCUT2D eigenvalue weighted by Gasteiger charge is -2.09. The molecular formula is C13H8BrClF2N2O. The smallest absolute Gasteiger partial charge is 0.258 e. The lowest BCUT2D eigenvalue weighted by Crippen LogP contribution is -2.15. The van der Waals surface area contributed by atoms with Crippen LogP contribution < -0.4 is 11.1 Å². The number of carbonyl (C=O) groups is 1. The summed E-state index contributed by atoms with van der Waals surface area (Å²) in [6.45, 7) is 0. The molecule has 0 atom stereocenters. The summed E-state index contributed by atoms with van der Waals surface area (Å²) in [5, 5.41) is 2.67. The number of amides is 1. The fourth-order valence-electron chi connectivity index (χ4n) is 1.56. The number of hydrogen-bond acceptors (Lipinski definition) is 2. The molecule has 0 unspecified atom stereocenters. The monoisotopic (exact) mass is 360 g/mol. The first-order valence-electron chi connectivity index (χ1n) is 5.39. The summed E-state index contributed by atoms with van der Waals surface area (Å²) in [5.41, 5.74) is 4.63. The number of nitrogen functional groups attached to an aromatic ring is 1. The molecule has 1 amide bonds. The van der Waals surface area contributed by atoms with Gasteiger partial charge < -0.3 is 11.1 Å². The number of nitrogens with two attached hydrogens (primary N) is 1. The van der Waals surface area contributed by atoms with Gasteiger partial charge in [0.25, 0.3) is 5.91 Å². The van der Waals surface area contributed by atoms with Crippen molar-refractivity contribution in [2.24, 2.45) is 0 Å². The lowest BCUT2D eigenvalue weighted by atomic mass is 10.1. The molecule has 2 aromatic rings. The summed E-state index contributed by atoms with van der Waals surface area (Å²) in [5.74, 6) is -2.61. The Hall–Kier alpha value is -1.66. The number of hydrogen-bond donors (Lipinski definition) is 2. The molecule has 0 saturated heterocycles. The SMILES string of the molecule is Nc1cc(F)cc(C(=O)Nc2cc(Br)ccc2Cl)c1F. The van der Waals surface area contributed by atoms with Gasteiger partial charge in [0.15, 0.2) is 5.82 Å². The van der Waals surface area contributed by atoms with E-state index in [1.165, 1.54) is 0 Å². The molecule has 0 bridgehead atoms. The number of nitrogens with one attached hydrogen (secondary N) is 1. The van der Waals surface area contributed by atoms with E-state index in [0.29, 0.717) is 4.47 Å². The number of benzene rings is 2. The van der Waals surface area contributed by atoms with Crippen molar-refractivity contribution in [2.45, 2.75) is 0 Å². The molecule has 0 radical (unpaired) electrons. The zero-order chi connectivity index (χ0) is 14.9. The van der Waals surface area contributed by atoms with E-state index < -0.39 is 28.8 Å². The Bertz CT molecular complexity index is 694. The van der Waals surface area contributed by atoms with Crippen LogP contribution >= 0.6 is 27.5 Å². The summed E-state index contributed by atoms with van der Waals surface area (Å²) in [6.07, 6.45) is 0. The van der Waals surface area contributed by atoms with Gasteiger partial charge in [0.2, 0.25) is 0 Å². The minimum absolute atomic E-state index is 0.270. The highest BCUT2D eigenvalue weighted by molar-refractivity contribution is 9.10. The van der Waals surface area contributed by atoms with Gasteiger partial charge in [-0.3, -0.25) is 4.79 Å². The van der Waals surface area contributed by atoms with Crippen LogP contribution in [0.5, 0.6) is 0 Å². The summed E-state index contributed by atoms with van der Waals surface area (Å²) in [7, 11) is 0. The Morgan fingerprint density at radius 1 is 1.25 bits per heavy atom. The van der Waals surface area contributed by atoms with E-state index in [1.54, 1.807) is 18.2 Å². The second kappa shape index (κ2) is 5.76. The predicted octanol–water partition coefficient (Wildman–Crippen LogP) is 4.22. The van der Waals surface area contributed by atoms with Crippen molar-refractivity contribution < 1.29 is 13.6 Å². The molecule has 2 aromatic carbocycles. The fourth-order valence-corrected chi connectivity index (χ4v) is 2.08. The fraction of sp³-hybridized carbons (Fsp3) is 0. The molecule has 0 aliphatic carbocycles. The maximum absolute atomic E-state index is 13.7. The van der Waals surface area contributed by atoms with Gasteiger partial charge in [-0.1, -0.05) is 27.5 Å². The van der Waals surface area contributed by atoms with Gasteiger partial charge in [0.1, 0.15) is 5.82 Å². The molecule has 20 heavy (non-hydrogen) atoms. The quantitative estimate of drug-likeness (QED) is 0.787. The summed E-state index contributed by atoms with van der Waals surface area (Å²) in [4.78, 5) is 12.0. The van der Waals surface area contributed by atoms with Crippen molar-refractivity contribution in [1.82, 2.24) is 0 Å². The van der Waals surface area contributed by atoms with Crippen LogP contribution in [0.3, 0.4) is 0 Å². The van der Waals surface area contributed by atoms with Gasteiger partial charge >= 0.3 is 0 Å². The van der Waals surface area contributed by atoms with Crippen LogP contribution in [-0.2, 0) is 0 Å².